The number of benzene rings is 2. The molecule has 10 nitrogen and oxygen atoms in total. The van der Waals surface area contributed by atoms with Gasteiger partial charge in [-0.3, -0.25) is 20.4 Å². The molecule has 0 spiro atoms. The molecule has 5 rings (SSSR count). The highest BCUT2D eigenvalue weighted by molar-refractivity contribution is 6.01. The average molecular weight is 499 g/mol. The number of carbonyl (C=O) groups is 2. The van der Waals surface area contributed by atoms with Gasteiger partial charge in [-0.2, -0.15) is 0 Å². The summed E-state index contributed by atoms with van der Waals surface area (Å²) in [5.74, 6) is 0.0171. The first-order chi connectivity index (χ1) is 18.0. The van der Waals surface area contributed by atoms with Crippen LogP contribution in [0.1, 0.15) is 38.4 Å². The number of nitrogens with zero attached hydrogens (tertiary/aromatic N) is 4. The molecule has 1 aliphatic rings. The second-order valence-corrected chi connectivity index (χ2v) is 9.21. The largest absolute Gasteiger partial charge is 0.336 e. The molecule has 2 aromatic heterocycles. The van der Waals surface area contributed by atoms with Crippen LogP contribution in [0.25, 0.3) is 11.0 Å². The summed E-state index contributed by atoms with van der Waals surface area (Å²) in [6, 6.07) is 19.4. The lowest BCUT2D eigenvalue weighted by atomic mass is 10.1. The summed E-state index contributed by atoms with van der Waals surface area (Å²) in [6.45, 7) is 2.65. The maximum absolute atomic E-state index is 13.0. The van der Waals surface area contributed by atoms with Gasteiger partial charge >= 0.3 is 0 Å². The number of anilines is 1. The van der Waals surface area contributed by atoms with E-state index in [1.807, 2.05) is 30.3 Å². The Hall–Kier alpha value is -4.28. The minimum atomic E-state index is -0.297. The molecule has 0 radical (unpaired) electrons. The van der Waals surface area contributed by atoms with Crippen molar-refractivity contribution in [3.63, 3.8) is 0 Å². The third-order valence-corrected chi connectivity index (χ3v) is 6.57. The zero-order chi connectivity index (χ0) is 25.8. The van der Waals surface area contributed by atoms with E-state index in [2.05, 4.69) is 38.3 Å². The summed E-state index contributed by atoms with van der Waals surface area (Å²) in [6.07, 6.45) is 2.19. The number of fused-ring (bicyclic) bond motifs is 1. The van der Waals surface area contributed by atoms with Crippen LogP contribution in [0.15, 0.2) is 67.0 Å². The smallest absolute Gasteiger partial charge is 0.270 e. The molecule has 1 unspecified atom stereocenters. The van der Waals surface area contributed by atoms with Gasteiger partial charge in [0.25, 0.3) is 11.8 Å². The molecule has 0 aliphatic carbocycles. The molecular weight excluding hydrogens is 468 g/mol. The number of nitrogens with two attached hydrogens (primary N) is 1. The summed E-state index contributed by atoms with van der Waals surface area (Å²) in [7, 11) is 1.79. The maximum atomic E-state index is 13.0. The topological polar surface area (TPSA) is 130 Å². The third kappa shape index (κ3) is 5.45. The van der Waals surface area contributed by atoms with Gasteiger partial charge in [0.15, 0.2) is 5.82 Å². The van der Waals surface area contributed by atoms with E-state index >= 15 is 0 Å². The fraction of sp³-hybridized carbons (Fsp3) is 0.259. The minimum absolute atomic E-state index is 0.00508. The van der Waals surface area contributed by atoms with Crippen molar-refractivity contribution >= 4 is 28.7 Å². The number of likely N-dealkylation sites (tertiary alicyclic amines) is 1. The first-order valence-electron chi connectivity index (χ1n) is 12.2. The van der Waals surface area contributed by atoms with Gasteiger partial charge in [0, 0.05) is 44.8 Å². The normalized spacial score (nSPS) is 15.2. The number of hydrogen-bond donors (Lipinski definition) is 4. The Morgan fingerprint density at radius 3 is 2.46 bits per heavy atom. The van der Waals surface area contributed by atoms with Gasteiger partial charge < -0.3 is 20.5 Å². The van der Waals surface area contributed by atoms with Crippen LogP contribution < -0.4 is 21.9 Å². The molecule has 10 heteroatoms. The van der Waals surface area contributed by atoms with E-state index in [1.165, 1.54) is 11.9 Å². The lowest BCUT2D eigenvalue weighted by Crippen LogP contribution is -2.32. The van der Waals surface area contributed by atoms with Crippen molar-refractivity contribution in [2.75, 3.05) is 18.5 Å². The van der Waals surface area contributed by atoms with E-state index in [0.29, 0.717) is 47.7 Å². The number of amides is 2. The summed E-state index contributed by atoms with van der Waals surface area (Å²) in [4.78, 5) is 36.1. The molecule has 0 bridgehead atoms. The predicted octanol–water partition coefficient (Wildman–Crippen LogP) is 2.19. The highest BCUT2D eigenvalue weighted by atomic mass is 16.2. The lowest BCUT2D eigenvalue weighted by molar-refractivity contribution is 0.0781. The Kier molecular flexibility index (Phi) is 7.11. The van der Waals surface area contributed by atoms with Gasteiger partial charge in [0.2, 0.25) is 0 Å². The van der Waals surface area contributed by atoms with Gasteiger partial charge in [-0.05, 0) is 35.7 Å². The number of aryl methyl sites for hydroxylation is 1. The monoisotopic (exact) mass is 498 g/mol. The Balaban J connectivity index is 1.21. The molecule has 2 aromatic carbocycles. The standard InChI is InChI=1S/C27H30N8O2/c1-34-23(27(37)35-12-11-21(28)16-35)13-22-24(30-17-31-25(22)34)32-33-26(36)20-9-7-19(8-10-20)15-29-14-18-5-3-2-4-6-18/h2-10,13,17,21,29H,11-12,14-16,28H2,1H3,(H,33,36)(H,30,31,32). The van der Waals surface area contributed by atoms with Crippen LogP contribution in [-0.4, -0.2) is 50.4 Å². The van der Waals surface area contributed by atoms with Crippen LogP contribution in [-0.2, 0) is 20.1 Å². The number of aromatic nitrogens is 3. The zero-order valence-electron chi connectivity index (χ0n) is 20.6. The van der Waals surface area contributed by atoms with Gasteiger partial charge in [-0.25, -0.2) is 9.97 Å². The Morgan fingerprint density at radius 1 is 1.03 bits per heavy atom. The van der Waals surface area contributed by atoms with Crippen LogP contribution in [0.4, 0.5) is 5.82 Å². The van der Waals surface area contributed by atoms with Gasteiger partial charge in [0.1, 0.15) is 17.7 Å². The number of nitrogens with one attached hydrogen (secondary N) is 3. The first kappa shape index (κ1) is 24.4. The van der Waals surface area contributed by atoms with Crippen LogP contribution in [0.5, 0.6) is 0 Å². The quantitative estimate of drug-likeness (QED) is 0.274. The minimum Gasteiger partial charge on any atom is -0.336 e. The number of hydrogen-bond acceptors (Lipinski definition) is 7. The van der Waals surface area contributed by atoms with Crippen molar-refractivity contribution in [3.8, 4) is 0 Å². The van der Waals surface area contributed by atoms with Crippen molar-refractivity contribution in [2.24, 2.45) is 12.8 Å². The Labute approximate surface area is 214 Å². The molecule has 3 heterocycles. The Morgan fingerprint density at radius 2 is 1.76 bits per heavy atom. The van der Waals surface area contributed by atoms with E-state index in [1.54, 1.807) is 34.7 Å². The van der Waals surface area contributed by atoms with Crippen molar-refractivity contribution in [2.45, 2.75) is 25.6 Å². The summed E-state index contributed by atoms with van der Waals surface area (Å²) < 4.78 is 1.74. The predicted molar refractivity (Wildman–Crippen MR) is 142 cm³/mol. The van der Waals surface area contributed by atoms with E-state index in [0.717, 1.165) is 18.5 Å². The molecule has 37 heavy (non-hydrogen) atoms. The first-order valence-corrected chi connectivity index (χ1v) is 12.2. The molecule has 190 valence electrons. The second-order valence-electron chi connectivity index (χ2n) is 9.21. The summed E-state index contributed by atoms with van der Waals surface area (Å²) in [5.41, 5.74) is 15.5. The van der Waals surface area contributed by atoms with Crippen LogP contribution in [0, 0.1) is 0 Å². The number of hydrazine groups is 1. The van der Waals surface area contributed by atoms with Crippen LogP contribution in [0.2, 0.25) is 0 Å². The zero-order valence-corrected chi connectivity index (χ0v) is 20.6. The molecule has 1 saturated heterocycles. The summed E-state index contributed by atoms with van der Waals surface area (Å²) >= 11 is 0. The van der Waals surface area contributed by atoms with Crippen molar-refractivity contribution in [1.29, 1.82) is 0 Å². The van der Waals surface area contributed by atoms with Crippen molar-refractivity contribution in [3.05, 3.63) is 89.4 Å². The molecule has 2 amide bonds. The Bertz CT molecular complexity index is 1400. The SMILES string of the molecule is Cn1c(C(=O)N2CCC(N)C2)cc2c(NNC(=O)c3ccc(CNCc4ccccc4)cc3)ncnc21. The second kappa shape index (κ2) is 10.8. The highest BCUT2D eigenvalue weighted by Crippen LogP contribution is 2.24. The van der Waals surface area contributed by atoms with Crippen molar-refractivity contribution < 1.29 is 9.59 Å². The molecule has 1 atom stereocenters. The third-order valence-electron chi connectivity index (χ3n) is 6.57. The van der Waals surface area contributed by atoms with Crippen molar-refractivity contribution in [1.82, 2.24) is 30.2 Å². The van der Waals surface area contributed by atoms with Crippen LogP contribution >= 0.6 is 0 Å². The average Bonchev–Trinajstić information content (AvgIpc) is 3.51. The van der Waals surface area contributed by atoms with E-state index < -0.39 is 0 Å². The molecule has 1 aliphatic heterocycles. The van der Waals surface area contributed by atoms with Crippen LogP contribution in [0.3, 0.4) is 0 Å². The van der Waals surface area contributed by atoms with E-state index in [9.17, 15) is 9.59 Å². The fourth-order valence-corrected chi connectivity index (χ4v) is 4.48. The molecular formula is C27H30N8O2. The molecule has 0 saturated carbocycles. The van der Waals surface area contributed by atoms with Gasteiger partial charge in [0.05, 0.1) is 5.39 Å². The number of carbonyl (C=O) groups excluding carboxylic acids is 2. The summed E-state index contributed by atoms with van der Waals surface area (Å²) in [5, 5.41) is 4.04. The van der Waals surface area contributed by atoms with Gasteiger partial charge in [-0.15, -0.1) is 0 Å². The lowest BCUT2D eigenvalue weighted by Gasteiger charge is -2.15. The maximum Gasteiger partial charge on any atom is 0.270 e. The molecule has 4 aromatic rings. The van der Waals surface area contributed by atoms with Gasteiger partial charge in [-0.1, -0.05) is 42.5 Å². The molecule has 1 fully saturated rings. The van der Waals surface area contributed by atoms with E-state index in [-0.39, 0.29) is 17.9 Å². The fourth-order valence-electron chi connectivity index (χ4n) is 4.48. The molecule has 5 N–H and O–H groups in total. The van der Waals surface area contributed by atoms with E-state index in [4.69, 9.17) is 5.73 Å². The highest BCUT2D eigenvalue weighted by Gasteiger charge is 2.27. The number of rotatable bonds is 8.